The minimum Gasteiger partial charge on any atom is -0.329 e. The van der Waals surface area contributed by atoms with Crippen LogP contribution in [-0.2, 0) is 4.79 Å². The smallest absolute Gasteiger partial charge is 0.269 e. The lowest BCUT2D eigenvalue weighted by atomic mass is 9.80. The molecule has 0 fully saturated rings. The van der Waals surface area contributed by atoms with E-state index in [0.29, 0.717) is 18.8 Å². The van der Waals surface area contributed by atoms with Gasteiger partial charge < -0.3 is 9.88 Å². The largest absolute Gasteiger partial charge is 0.329 e. The second-order valence-corrected chi connectivity index (χ2v) is 6.85. The summed E-state index contributed by atoms with van der Waals surface area (Å²) in [6.07, 6.45) is 3.28. The van der Waals surface area contributed by atoms with Gasteiger partial charge in [-0.3, -0.25) is 14.9 Å². The Morgan fingerprint density at radius 2 is 1.93 bits per heavy atom. The van der Waals surface area contributed by atoms with E-state index in [2.05, 4.69) is 16.4 Å². The highest BCUT2D eigenvalue weighted by molar-refractivity contribution is 5.89. The van der Waals surface area contributed by atoms with E-state index in [4.69, 9.17) is 0 Å². The summed E-state index contributed by atoms with van der Waals surface area (Å²) in [5.74, 6) is 0.522. The van der Waals surface area contributed by atoms with E-state index in [-0.39, 0.29) is 23.4 Å². The molecule has 2 aliphatic rings. The van der Waals surface area contributed by atoms with E-state index in [1.165, 1.54) is 12.1 Å². The lowest BCUT2D eigenvalue weighted by Gasteiger charge is -2.37. The number of allylic oxidation sites excluding steroid dienone is 2. The Morgan fingerprint density at radius 1 is 1.15 bits per heavy atom. The van der Waals surface area contributed by atoms with E-state index in [1.807, 2.05) is 28.8 Å². The van der Waals surface area contributed by atoms with Crippen molar-refractivity contribution in [2.75, 3.05) is 5.32 Å². The van der Waals surface area contributed by atoms with Crippen LogP contribution in [-0.4, -0.2) is 20.3 Å². The van der Waals surface area contributed by atoms with Crippen molar-refractivity contribution >= 4 is 28.5 Å². The highest BCUT2D eigenvalue weighted by Gasteiger charge is 2.41. The molecule has 0 amide bonds. The number of nitrogens with one attached hydrogen (secondary N) is 1. The Bertz CT molecular complexity index is 1110. The molecule has 3 aromatic rings. The maximum atomic E-state index is 12.8. The Hall–Kier alpha value is -3.48. The van der Waals surface area contributed by atoms with Gasteiger partial charge in [0.2, 0.25) is 5.95 Å². The fraction of sp³-hybridized carbons (Fsp3) is 0.200. The zero-order valence-corrected chi connectivity index (χ0v) is 14.3. The first-order valence-corrected chi connectivity index (χ1v) is 8.84. The first-order chi connectivity index (χ1) is 13.1. The van der Waals surface area contributed by atoms with Crippen LogP contribution in [0.2, 0.25) is 0 Å². The molecule has 2 atom stereocenters. The van der Waals surface area contributed by atoms with Crippen molar-refractivity contribution in [2.24, 2.45) is 5.92 Å². The fourth-order valence-electron chi connectivity index (χ4n) is 4.13. The molecule has 0 saturated carbocycles. The van der Waals surface area contributed by atoms with E-state index in [9.17, 15) is 14.9 Å². The number of hydrogen-bond donors (Lipinski definition) is 1. The minimum atomic E-state index is -0.415. The molecule has 0 saturated heterocycles. The van der Waals surface area contributed by atoms with E-state index < -0.39 is 4.92 Å². The lowest BCUT2D eigenvalue weighted by molar-refractivity contribution is -0.384. The van der Waals surface area contributed by atoms with Gasteiger partial charge in [-0.15, -0.1) is 0 Å². The lowest BCUT2D eigenvalue weighted by Crippen LogP contribution is -2.38. The number of fused-ring (bicyclic) bond motifs is 4. The molecule has 134 valence electrons. The number of nitro benzene ring substituents is 1. The second-order valence-electron chi connectivity index (χ2n) is 6.85. The summed E-state index contributed by atoms with van der Waals surface area (Å²) < 4.78 is 2.04. The number of nitro groups is 1. The zero-order valence-electron chi connectivity index (χ0n) is 14.3. The van der Waals surface area contributed by atoms with Crippen LogP contribution in [0.15, 0.2) is 60.3 Å². The molecule has 7 heteroatoms. The monoisotopic (exact) mass is 360 g/mol. The number of hydrogen-bond acceptors (Lipinski definition) is 5. The number of carbonyl (C=O) groups is 1. The summed E-state index contributed by atoms with van der Waals surface area (Å²) in [7, 11) is 0. The quantitative estimate of drug-likeness (QED) is 0.554. The number of anilines is 1. The molecule has 0 radical (unpaired) electrons. The fourth-order valence-corrected chi connectivity index (χ4v) is 4.13. The number of imidazole rings is 1. The molecule has 1 aliphatic heterocycles. The van der Waals surface area contributed by atoms with Gasteiger partial charge >= 0.3 is 0 Å². The van der Waals surface area contributed by atoms with Crippen molar-refractivity contribution in [1.82, 2.24) is 9.55 Å². The Balaban J connectivity index is 1.75. The molecule has 7 nitrogen and oxygen atoms in total. The van der Waals surface area contributed by atoms with Crippen LogP contribution in [0.25, 0.3) is 11.0 Å². The number of aromatic nitrogens is 2. The third kappa shape index (κ3) is 2.35. The van der Waals surface area contributed by atoms with Gasteiger partial charge in [0.05, 0.1) is 27.9 Å². The summed E-state index contributed by atoms with van der Waals surface area (Å²) in [5.41, 5.74) is 3.54. The van der Waals surface area contributed by atoms with Crippen LogP contribution in [0.1, 0.15) is 24.4 Å². The van der Waals surface area contributed by atoms with Crippen molar-refractivity contribution < 1.29 is 9.72 Å². The summed E-state index contributed by atoms with van der Waals surface area (Å²) >= 11 is 0. The van der Waals surface area contributed by atoms with Crippen LogP contribution in [0.4, 0.5) is 11.6 Å². The molecule has 2 heterocycles. The van der Waals surface area contributed by atoms with Crippen LogP contribution in [0, 0.1) is 16.0 Å². The third-order valence-electron chi connectivity index (χ3n) is 5.33. The van der Waals surface area contributed by atoms with Crippen LogP contribution >= 0.6 is 0 Å². The molecule has 27 heavy (non-hydrogen) atoms. The first kappa shape index (κ1) is 15.7. The van der Waals surface area contributed by atoms with E-state index in [1.54, 1.807) is 12.1 Å². The summed E-state index contributed by atoms with van der Waals surface area (Å²) in [5, 5.41) is 14.3. The zero-order chi connectivity index (χ0) is 18.5. The van der Waals surface area contributed by atoms with Gasteiger partial charge in [0.1, 0.15) is 5.78 Å². The summed E-state index contributed by atoms with van der Waals surface area (Å²) in [6.45, 7) is 0. The minimum absolute atomic E-state index is 0.0362. The average Bonchev–Trinajstić information content (AvgIpc) is 3.05. The number of para-hydroxylation sites is 2. The SMILES string of the molecule is O=C1CCC=C2Nc3nc4ccccc4n3C(c3ccc([N+](=O)[O-])cc3)C12. The molecule has 2 unspecified atom stereocenters. The van der Waals surface area contributed by atoms with Crippen molar-refractivity contribution in [2.45, 2.75) is 18.9 Å². The number of ketones is 1. The van der Waals surface area contributed by atoms with Gasteiger partial charge in [0.15, 0.2) is 0 Å². The highest BCUT2D eigenvalue weighted by atomic mass is 16.6. The molecule has 1 N–H and O–H groups in total. The Morgan fingerprint density at radius 3 is 2.70 bits per heavy atom. The highest BCUT2D eigenvalue weighted by Crippen LogP contribution is 2.44. The van der Waals surface area contributed by atoms with Gasteiger partial charge in [-0.05, 0) is 24.1 Å². The molecule has 0 bridgehead atoms. The summed E-state index contributed by atoms with van der Waals surface area (Å²) in [4.78, 5) is 28.1. The number of Topliss-reactive ketones (excluding diaryl/α,β-unsaturated/α-hetero) is 1. The van der Waals surface area contributed by atoms with Gasteiger partial charge in [-0.2, -0.15) is 0 Å². The van der Waals surface area contributed by atoms with Crippen LogP contribution in [0.5, 0.6) is 0 Å². The van der Waals surface area contributed by atoms with Crippen molar-refractivity contribution in [3.05, 3.63) is 76.0 Å². The van der Waals surface area contributed by atoms with Crippen molar-refractivity contribution in [1.29, 1.82) is 0 Å². The molecule has 2 aromatic carbocycles. The third-order valence-corrected chi connectivity index (χ3v) is 5.33. The first-order valence-electron chi connectivity index (χ1n) is 8.84. The predicted octanol–water partition coefficient (Wildman–Crippen LogP) is 3.82. The average molecular weight is 360 g/mol. The molecule has 1 aromatic heterocycles. The Labute approximate surface area is 154 Å². The number of rotatable bonds is 2. The number of carbonyl (C=O) groups excluding carboxylic acids is 1. The molecule has 5 rings (SSSR count). The maximum absolute atomic E-state index is 12.8. The predicted molar refractivity (Wildman–Crippen MR) is 100 cm³/mol. The summed E-state index contributed by atoms with van der Waals surface area (Å²) in [6, 6.07) is 14.0. The number of benzene rings is 2. The van der Waals surface area contributed by atoms with Gasteiger partial charge in [-0.25, -0.2) is 4.98 Å². The van der Waals surface area contributed by atoms with Gasteiger partial charge in [-0.1, -0.05) is 30.3 Å². The van der Waals surface area contributed by atoms with Crippen molar-refractivity contribution in [3.63, 3.8) is 0 Å². The normalized spacial score (nSPS) is 21.2. The van der Waals surface area contributed by atoms with Crippen molar-refractivity contribution in [3.8, 4) is 0 Å². The topological polar surface area (TPSA) is 90.1 Å². The van der Waals surface area contributed by atoms with E-state index >= 15 is 0 Å². The number of nitrogens with zero attached hydrogens (tertiary/aromatic N) is 3. The van der Waals surface area contributed by atoms with Gasteiger partial charge in [0, 0.05) is 24.3 Å². The van der Waals surface area contributed by atoms with Gasteiger partial charge in [0.25, 0.3) is 5.69 Å². The Kier molecular flexibility index (Phi) is 3.36. The standard InChI is InChI=1S/C20H16N4O3/c25-17-7-3-5-15-18(17)19(12-8-10-13(11-9-12)24(26)27)23-16-6-2-1-4-14(16)21-20(23)22-15/h1-2,4-6,8-11,18-19H,3,7H2,(H,21,22). The molecular formula is C20H16N4O3. The van der Waals surface area contributed by atoms with Crippen LogP contribution in [0.3, 0.4) is 0 Å². The number of non-ortho nitro benzene ring substituents is 1. The molecule has 0 spiro atoms. The molecule has 1 aliphatic carbocycles. The van der Waals surface area contributed by atoms with Crippen LogP contribution < -0.4 is 5.32 Å². The second kappa shape index (κ2) is 5.77. The maximum Gasteiger partial charge on any atom is 0.269 e. The van der Waals surface area contributed by atoms with E-state index in [0.717, 1.165) is 22.3 Å². The molecular weight excluding hydrogens is 344 g/mol.